The zero-order valence-electron chi connectivity index (χ0n) is 10.2. The van der Waals surface area contributed by atoms with Gasteiger partial charge in [-0.05, 0) is 31.0 Å². The number of amides is 1. The first kappa shape index (κ1) is 14.2. The van der Waals surface area contributed by atoms with Gasteiger partial charge in [-0.2, -0.15) is 0 Å². The average molecular weight is 301 g/mol. The van der Waals surface area contributed by atoms with Gasteiger partial charge in [-0.1, -0.05) is 36.7 Å². The van der Waals surface area contributed by atoms with Crippen molar-refractivity contribution in [3.05, 3.63) is 34.6 Å². The SMILES string of the molecule is NC(=S)C1(NC(=O)c2cc(Cl)ccc2F)CCCC1. The molecule has 0 atom stereocenters. The van der Waals surface area contributed by atoms with Crippen molar-refractivity contribution in [3.8, 4) is 0 Å². The molecule has 3 N–H and O–H groups in total. The largest absolute Gasteiger partial charge is 0.391 e. The van der Waals surface area contributed by atoms with E-state index in [-0.39, 0.29) is 10.6 Å². The molecule has 1 fully saturated rings. The predicted molar refractivity (Wildman–Crippen MR) is 76.9 cm³/mol. The van der Waals surface area contributed by atoms with Crippen LogP contribution >= 0.6 is 23.8 Å². The summed E-state index contributed by atoms with van der Waals surface area (Å²) in [7, 11) is 0. The highest BCUT2D eigenvalue weighted by Crippen LogP contribution is 2.30. The van der Waals surface area contributed by atoms with E-state index in [1.165, 1.54) is 18.2 Å². The van der Waals surface area contributed by atoms with Gasteiger partial charge in [0.2, 0.25) is 0 Å². The molecule has 1 aliphatic carbocycles. The van der Waals surface area contributed by atoms with Gasteiger partial charge in [-0.15, -0.1) is 0 Å². The first-order valence-corrected chi connectivity index (χ1v) is 6.81. The third-order valence-corrected chi connectivity index (χ3v) is 4.08. The molecule has 2 rings (SSSR count). The minimum atomic E-state index is -0.693. The van der Waals surface area contributed by atoms with Crippen LogP contribution in [0.5, 0.6) is 0 Å². The molecule has 6 heteroatoms. The first-order valence-electron chi connectivity index (χ1n) is 6.02. The van der Waals surface area contributed by atoms with Crippen LogP contribution in [0.2, 0.25) is 5.02 Å². The van der Waals surface area contributed by atoms with E-state index in [9.17, 15) is 9.18 Å². The number of thiocarbonyl (C=S) groups is 1. The Morgan fingerprint density at radius 2 is 2.05 bits per heavy atom. The van der Waals surface area contributed by atoms with Gasteiger partial charge in [-0.25, -0.2) is 4.39 Å². The molecular formula is C13H14ClFN2OS. The summed E-state index contributed by atoms with van der Waals surface area (Å²) >= 11 is 10.8. The lowest BCUT2D eigenvalue weighted by Gasteiger charge is -2.29. The van der Waals surface area contributed by atoms with E-state index in [1.807, 2.05) is 0 Å². The first-order chi connectivity index (χ1) is 8.94. The Hall–Kier alpha value is -1.20. The molecule has 102 valence electrons. The fourth-order valence-electron chi connectivity index (χ4n) is 2.37. The van der Waals surface area contributed by atoms with Gasteiger partial charge >= 0.3 is 0 Å². The van der Waals surface area contributed by atoms with Gasteiger partial charge < -0.3 is 11.1 Å². The smallest absolute Gasteiger partial charge is 0.255 e. The number of carbonyl (C=O) groups excluding carboxylic acids is 1. The van der Waals surface area contributed by atoms with Crippen LogP contribution in [0, 0.1) is 5.82 Å². The van der Waals surface area contributed by atoms with Crippen LogP contribution in [-0.2, 0) is 0 Å². The zero-order valence-corrected chi connectivity index (χ0v) is 11.8. The van der Waals surface area contributed by atoms with Gasteiger partial charge in [-0.3, -0.25) is 4.79 Å². The second kappa shape index (κ2) is 5.43. The standard InChI is InChI=1S/C13H14ClFN2OS/c14-8-3-4-10(15)9(7-8)11(18)17-13(12(16)19)5-1-2-6-13/h3-4,7H,1-2,5-6H2,(H2,16,19)(H,17,18). The highest BCUT2D eigenvalue weighted by atomic mass is 35.5. The van der Waals surface area contributed by atoms with Crippen LogP contribution in [0.25, 0.3) is 0 Å². The summed E-state index contributed by atoms with van der Waals surface area (Å²) in [5.74, 6) is -1.15. The van der Waals surface area contributed by atoms with Crippen LogP contribution < -0.4 is 11.1 Å². The lowest BCUT2D eigenvalue weighted by Crippen LogP contribution is -2.54. The van der Waals surface area contributed by atoms with Gasteiger partial charge in [0, 0.05) is 5.02 Å². The maximum atomic E-state index is 13.6. The maximum absolute atomic E-state index is 13.6. The fourth-order valence-corrected chi connectivity index (χ4v) is 2.79. The van der Waals surface area contributed by atoms with E-state index >= 15 is 0 Å². The molecule has 19 heavy (non-hydrogen) atoms. The van der Waals surface area contributed by atoms with E-state index in [0.29, 0.717) is 17.9 Å². The Balaban J connectivity index is 2.25. The van der Waals surface area contributed by atoms with E-state index in [2.05, 4.69) is 5.32 Å². The number of nitrogens with two attached hydrogens (primary N) is 1. The summed E-state index contributed by atoms with van der Waals surface area (Å²) in [6.45, 7) is 0. The van der Waals surface area contributed by atoms with Gasteiger partial charge in [0.05, 0.1) is 16.1 Å². The summed E-state index contributed by atoms with van der Waals surface area (Å²) < 4.78 is 13.6. The van der Waals surface area contributed by atoms with E-state index in [1.54, 1.807) is 0 Å². The molecule has 1 aromatic rings. The number of hydrogen-bond donors (Lipinski definition) is 2. The Bertz CT molecular complexity index is 529. The normalized spacial score (nSPS) is 17.2. The lowest BCUT2D eigenvalue weighted by molar-refractivity contribution is 0.0920. The number of rotatable bonds is 3. The van der Waals surface area contributed by atoms with Crippen molar-refractivity contribution >= 4 is 34.7 Å². The van der Waals surface area contributed by atoms with Gasteiger partial charge in [0.1, 0.15) is 5.82 Å². The molecule has 0 saturated heterocycles. The molecule has 1 amide bonds. The minimum absolute atomic E-state index is 0.0879. The molecule has 0 aliphatic heterocycles. The second-order valence-corrected chi connectivity index (χ2v) is 5.61. The number of hydrogen-bond acceptors (Lipinski definition) is 2. The van der Waals surface area contributed by atoms with Crippen LogP contribution in [0.3, 0.4) is 0 Å². The van der Waals surface area contributed by atoms with Crippen LogP contribution in [0.4, 0.5) is 4.39 Å². The molecule has 1 aliphatic rings. The highest BCUT2D eigenvalue weighted by molar-refractivity contribution is 7.80. The molecule has 3 nitrogen and oxygen atoms in total. The average Bonchev–Trinajstić information content (AvgIpc) is 2.82. The summed E-state index contributed by atoms with van der Waals surface area (Å²) in [5, 5.41) is 3.08. The lowest BCUT2D eigenvalue weighted by atomic mass is 9.97. The van der Waals surface area contributed by atoms with E-state index in [4.69, 9.17) is 29.6 Å². The number of benzene rings is 1. The second-order valence-electron chi connectivity index (χ2n) is 4.73. The number of nitrogens with one attached hydrogen (secondary N) is 1. The Kier molecular flexibility index (Phi) is 4.06. The summed E-state index contributed by atoms with van der Waals surface area (Å²) in [6.07, 6.45) is 3.26. The molecule has 0 spiro atoms. The highest BCUT2D eigenvalue weighted by Gasteiger charge is 2.38. The molecule has 0 unspecified atom stereocenters. The molecule has 1 aromatic carbocycles. The predicted octanol–water partition coefficient (Wildman–Crippen LogP) is 2.81. The van der Waals surface area contributed by atoms with Crippen molar-refractivity contribution in [2.75, 3.05) is 0 Å². The van der Waals surface area contributed by atoms with Crippen LogP contribution in [-0.4, -0.2) is 16.4 Å². The third-order valence-electron chi connectivity index (χ3n) is 3.45. The summed E-state index contributed by atoms with van der Waals surface area (Å²) in [6, 6.07) is 3.86. The van der Waals surface area contributed by atoms with Crippen molar-refractivity contribution in [1.29, 1.82) is 0 Å². The van der Waals surface area contributed by atoms with E-state index in [0.717, 1.165) is 12.8 Å². The van der Waals surface area contributed by atoms with E-state index < -0.39 is 17.3 Å². The summed E-state index contributed by atoms with van der Waals surface area (Å²) in [4.78, 5) is 12.4. The molecule has 0 heterocycles. The topological polar surface area (TPSA) is 55.1 Å². The molecule has 0 aromatic heterocycles. The van der Waals surface area contributed by atoms with Crippen LogP contribution in [0.1, 0.15) is 36.0 Å². The molecule has 0 radical (unpaired) electrons. The van der Waals surface area contributed by atoms with Gasteiger partial charge in [0.15, 0.2) is 0 Å². The Morgan fingerprint density at radius 1 is 1.42 bits per heavy atom. The monoisotopic (exact) mass is 300 g/mol. The summed E-state index contributed by atoms with van der Waals surface area (Å²) in [5.41, 5.74) is 4.94. The van der Waals surface area contributed by atoms with Gasteiger partial charge in [0.25, 0.3) is 5.91 Å². The fraction of sp³-hybridized carbons (Fsp3) is 0.385. The number of carbonyl (C=O) groups is 1. The van der Waals surface area contributed by atoms with Crippen molar-refractivity contribution in [2.45, 2.75) is 31.2 Å². The van der Waals surface area contributed by atoms with Crippen LogP contribution in [0.15, 0.2) is 18.2 Å². The quantitative estimate of drug-likeness (QED) is 0.844. The molecular weight excluding hydrogens is 287 g/mol. The minimum Gasteiger partial charge on any atom is -0.391 e. The van der Waals surface area contributed by atoms with Crippen molar-refractivity contribution in [2.24, 2.45) is 5.73 Å². The van der Waals surface area contributed by atoms with Crippen molar-refractivity contribution < 1.29 is 9.18 Å². The van der Waals surface area contributed by atoms with Crippen molar-refractivity contribution in [1.82, 2.24) is 5.32 Å². The van der Waals surface area contributed by atoms with Crippen molar-refractivity contribution in [3.63, 3.8) is 0 Å². The zero-order chi connectivity index (χ0) is 14.0. The number of halogens is 2. The Labute approximate surface area is 121 Å². The molecule has 0 bridgehead atoms. The Morgan fingerprint density at radius 3 is 2.63 bits per heavy atom. The third kappa shape index (κ3) is 2.87. The maximum Gasteiger partial charge on any atom is 0.255 e. The molecule has 1 saturated carbocycles.